The Balaban J connectivity index is 1.61. The molecule has 302 valence electrons. The Kier molecular flexibility index (Phi) is 16.2. The maximum Gasteiger partial charge on any atom is 0.318 e. The molecule has 1 aromatic heterocycles. The SMILES string of the molecule is COCc1nc(CN(C)C(=O)N[C@H](C(=O)N[C@@H](Cc2ccccc2)[C@H](O)CN(CC2CCCC2)S(=O)(=O)c2ccc(/C=N/O)cc2)[C@@H](C)OC(C)(C)C)cs1. The first-order chi connectivity index (χ1) is 26.1. The molecule has 4 rings (SSSR count). The molecule has 1 aliphatic carbocycles. The third kappa shape index (κ3) is 13.4. The van der Waals surface area contributed by atoms with Crippen molar-refractivity contribution in [3.63, 3.8) is 0 Å². The number of hydrogen-bond donors (Lipinski definition) is 4. The van der Waals surface area contributed by atoms with Gasteiger partial charge in [0.1, 0.15) is 11.0 Å². The molecule has 3 aromatic rings. The van der Waals surface area contributed by atoms with Crippen LogP contribution in [0.2, 0.25) is 0 Å². The third-order valence-electron chi connectivity index (χ3n) is 9.33. The molecule has 55 heavy (non-hydrogen) atoms. The van der Waals surface area contributed by atoms with E-state index in [1.807, 2.05) is 56.5 Å². The number of aromatic nitrogens is 1. The summed E-state index contributed by atoms with van der Waals surface area (Å²) in [4.78, 5) is 33.8. The van der Waals surface area contributed by atoms with Crippen molar-refractivity contribution in [2.75, 3.05) is 27.2 Å². The van der Waals surface area contributed by atoms with Crippen LogP contribution < -0.4 is 10.6 Å². The summed E-state index contributed by atoms with van der Waals surface area (Å²) in [6, 6.07) is 12.6. The van der Waals surface area contributed by atoms with E-state index in [1.54, 1.807) is 21.1 Å². The molecular weight excluding hydrogens is 745 g/mol. The number of methoxy groups -OCH3 is 1. The van der Waals surface area contributed by atoms with Crippen molar-refractivity contribution in [3.05, 3.63) is 81.8 Å². The zero-order valence-corrected chi connectivity index (χ0v) is 34.2. The molecule has 0 unspecified atom stereocenters. The van der Waals surface area contributed by atoms with Gasteiger partial charge in [0.25, 0.3) is 0 Å². The lowest BCUT2D eigenvalue weighted by atomic mass is 9.99. The molecule has 1 heterocycles. The van der Waals surface area contributed by atoms with Gasteiger partial charge in [0, 0.05) is 32.6 Å². The van der Waals surface area contributed by atoms with Crippen molar-refractivity contribution >= 4 is 39.5 Å². The fourth-order valence-corrected chi connectivity index (χ4v) is 8.93. The minimum atomic E-state index is -4.09. The summed E-state index contributed by atoms with van der Waals surface area (Å²) in [5.41, 5.74) is 1.35. The number of oxime groups is 1. The minimum Gasteiger partial charge on any atom is -0.411 e. The zero-order chi connectivity index (χ0) is 40.2. The molecule has 4 N–H and O–H groups in total. The Morgan fingerprint density at radius 2 is 1.76 bits per heavy atom. The van der Waals surface area contributed by atoms with Crippen molar-refractivity contribution in [1.29, 1.82) is 0 Å². The number of urea groups is 1. The first-order valence-electron chi connectivity index (χ1n) is 18.5. The average molecular weight is 801 g/mol. The van der Waals surface area contributed by atoms with Gasteiger partial charge in [0.05, 0.1) is 53.8 Å². The van der Waals surface area contributed by atoms with Crippen LogP contribution in [0.15, 0.2) is 70.0 Å². The highest BCUT2D eigenvalue weighted by Gasteiger charge is 2.37. The van der Waals surface area contributed by atoms with E-state index >= 15 is 0 Å². The first kappa shape index (κ1) is 43.8. The van der Waals surface area contributed by atoms with Gasteiger partial charge in [-0.15, -0.1) is 11.3 Å². The number of ether oxygens (including phenoxy) is 2. The Morgan fingerprint density at radius 3 is 2.38 bits per heavy atom. The van der Waals surface area contributed by atoms with E-state index in [0.717, 1.165) is 36.3 Å². The van der Waals surface area contributed by atoms with Gasteiger partial charge in [-0.25, -0.2) is 18.2 Å². The molecule has 0 saturated heterocycles. The average Bonchev–Trinajstić information content (AvgIpc) is 3.82. The van der Waals surface area contributed by atoms with E-state index < -0.39 is 51.9 Å². The standard InChI is InChI=1S/C39H56N6O8S2/c1-27(53-39(2,3)4)36(43-38(48)44(5)23-31-26-54-35(41-31)25-52-6)37(47)42-33(20-28-12-8-7-9-13-28)34(46)24-45(22-30-14-10-11-15-30)55(50,51)32-18-16-29(17-19-32)21-40-49/h7-9,12-13,16-19,21,26-27,30,33-34,36,46,49H,10-11,14-15,20,22-25H2,1-6H3,(H,42,47)(H,43,48)/b40-21+/t27-,33+,34-,36+/m1/s1. The summed E-state index contributed by atoms with van der Waals surface area (Å²) >= 11 is 1.43. The number of carbonyl (C=O) groups is 2. The molecule has 1 aliphatic rings. The summed E-state index contributed by atoms with van der Waals surface area (Å²) in [6.07, 6.45) is 2.99. The van der Waals surface area contributed by atoms with Crippen LogP contribution in [0.3, 0.4) is 0 Å². The maximum absolute atomic E-state index is 14.3. The summed E-state index contributed by atoms with van der Waals surface area (Å²) in [7, 11) is -0.907. The van der Waals surface area contributed by atoms with Crippen molar-refractivity contribution in [3.8, 4) is 0 Å². The first-order valence-corrected chi connectivity index (χ1v) is 20.8. The predicted molar refractivity (Wildman–Crippen MR) is 212 cm³/mol. The van der Waals surface area contributed by atoms with Crippen LogP contribution in [0, 0.1) is 5.92 Å². The van der Waals surface area contributed by atoms with Gasteiger partial charge in [-0.05, 0) is 76.1 Å². The fraction of sp³-hybridized carbons (Fsp3) is 0.538. The number of benzene rings is 2. The second-order valence-corrected chi connectivity index (χ2v) is 17.9. The topological polar surface area (TPSA) is 183 Å². The van der Waals surface area contributed by atoms with E-state index in [-0.39, 0.29) is 36.9 Å². The van der Waals surface area contributed by atoms with Crippen LogP contribution in [0.25, 0.3) is 0 Å². The molecule has 4 atom stereocenters. The Bertz CT molecular complexity index is 1790. The second-order valence-electron chi connectivity index (χ2n) is 15.0. The van der Waals surface area contributed by atoms with Gasteiger partial charge in [-0.2, -0.15) is 4.31 Å². The molecule has 1 saturated carbocycles. The smallest absolute Gasteiger partial charge is 0.318 e. The number of rotatable bonds is 19. The number of nitrogens with one attached hydrogen (secondary N) is 2. The van der Waals surface area contributed by atoms with Gasteiger partial charge >= 0.3 is 6.03 Å². The molecule has 14 nitrogen and oxygen atoms in total. The van der Waals surface area contributed by atoms with Crippen LogP contribution in [0.1, 0.15) is 75.2 Å². The number of nitrogens with zero attached hydrogens (tertiary/aromatic N) is 4. The van der Waals surface area contributed by atoms with Crippen molar-refractivity contribution in [2.45, 2.75) is 108 Å². The highest BCUT2D eigenvalue weighted by molar-refractivity contribution is 7.89. The molecule has 0 radical (unpaired) electrons. The van der Waals surface area contributed by atoms with E-state index in [4.69, 9.17) is 14.7 Å². The Hall–Kier alpha value is -3.93. The Morgan fingerprint density at radius 1 is 1.09 bits per heavy atom. The number of hydrogen-bond acceptors (Lipinski definition) is 11. The number of sulfonamides is 1. The van der Waals surface area contributed by atoms with Gasteiger partial charge in [-0.1, -0.05) is 60.5 Å². The van der Waals surface area contributed by atoms with Gasteiger partial charge < -0.3 is 35.3 Å². The van der Waals surface area contributed by atoms with Crippen LogP contribution in [0.4, 0.5) is 4.79 Å². The van der Waals surface area contributed by atoms with Crippen molar-refractivity contribution in [2.24, 2.45) is 11.1 Å². The molecule has 16 heteroatoms. The molecule has 0 spiro atoms. The van der Waals surface area contributed by atoms with Crippen LogP contribution in [0.5, 0.6) is 0 Å². The van der Waals surface area contributed by atoms with Crippen molar-refractivity contribution < 1.29 is 37.8 Å². The largest absolute Gasteiger partial charge is 0.411 e. The number of aliphatic hydroxyl groups is 1. The number of aliphatic hydroxyl groups excluding tert-OH is 1. The zero-order valence-electron chi connectivity index (χ0n) is 32.6. The minimum absolute atomic E-state index is 0.0315. The van der Waals surface area contributed by atoms with E-state index in [0.29, 0.717) is 17.9 Å². The molecule has 2 aromatic carbocycles. The number of amides is 3. The highest BCUT2D eigenvalue weighted by atomic mass is 32.2. The van der Waals surface area contributed by atoms with Crippen LogP contribution >= 0.6 is 11.3 Å². The summed E-state index contributed by atoms with van der Waals surface area (Å²) in [5, 5.41) is 32.3. The maximum atomic E-state index is 14.3. The lowest BCUT2D eigenvalue weighted by molar-refractivity contribution is -0.132. The lowest BCUT2D eigenvalue weighted by Gasteiger charge is -2.34. The summed E-state index contributed by atoms with van der Waals surface area (Å²) < 4.78 is 41.0. The van der Waals surface area contributed by atoms with E-state index in [9.17, 15) is 23.1 Å². The monoisotopic (exact) mass is 800 g/mol. The van der Waals surface area contributed by atoms with Gasteiger partial charge in [-0.3, -0.25) is 4.79 Å². The number of carbonyl (C=O) groups excluding carboxylic acids is 2. The molecule has 0 aliphatic heterocycles. The van der Waals surface area contributed by atoms with E-state index in [2.05, 4.69) is 20.8 Å². The summed E-state index contributed by atoms with van der Waals surface area (Å²) in [6.45, 7) is 7.71. The summed E-state index contributed by atoms with van der Waals surface area (Å²) in [5.74, 6) is -0.478. The highest BCUT2D eigenvalue weighted by Crippen LogP contribution is 2.28. The molecule has 3 amide bonds. The van der Waals surface area contributed by atoms with E-state index in [1.165, 1.54) is 51.0 Å². The molecule has 0 bridgehead atoms. The van der Waals surface area contributed by atoms with Crippen molar-refractivity contribution in [1.82, 2.24) is 24.8 Å². The normalized spacial score (nSPS) is 16.2. The second kappa shape index (κ2) is 20.3. The van der Waals surface area contributed by atoms with Gasteiger partial charge in [0.2, 0.25) is 15.9 Å². The van der Waals surface area contributed by atoms with Crippen LogP contribution in [-0.2, 0) is 43.9 Å². The lowest BCUT2D eigenvalue weighted by Crippen LogP contribution is -2.60. The van der Waals surface area contributed by atoms with Gasteiger partial charge in [0.15, 0.2) is 0 Å². The molecular formula is C39H56N6O8S2. The van der Waals surface area contributed by atoms with Crippen LogP contribution in [-0.4, -0.2) is 108 Å². The number of thiazole rings is 1. The molecule has 1 fully saturated rings. The quantitative estimate of drug-likeness (QED) is 0.0754. The third-order valence-corrected chi connectivity index (χ3v) is 12.0. The Labute approximate surface area is 329 Å². The predicted octanol–water partition coefficient (Wildman–Crippen LogP) is 4.78. The fourth-order valence-electron chi connectivity index (χ4n) is 6.64.